The number of halogens is 1. The molecule has 0 unspecified atom stereocenters. The Morgan fingerprint density at radius 3 is 2.88 bits per heavy atom. The molecule has 0 fully saturated rings. The van der Waals surface area contributed by atoms with Gasteiger partial charge in [-0.3, -0.25) is 0 Å². The number of aromatic nitrogens is 2. The van der Waals surface area contributed by atoms with Crippen molar-refractivity contribution < 1.29 is 5.11 Å². The molecule has 0 spiro atoms. The molecule has 1 aromatic heterocycles. The molecule has 5 heteroatoms. The maximum absolute atomic E-state index is 9.00. The van der Waals surface area contributed by atoms with E-state index in [1.54, 1.807) is 6.07 Å². The highest BCUT2D eigenvalue weighted by atomic mass is 35.5. The van der Waals surface area contributed by atoms with Crippen molar-refractivity contribution in [3.05, 3.63) is 47.4 Å². The Hall–Kier alpha value is -1.65. The molecule has 0 atom stereocenters. The summed E-state index contributed by atoms with van der Waals surface area (Å²) in [6, 6.07) is 9.06. The lowest BCUT2D eigenvalue weighted by molar-refractivity contribution is 0.282. The maximum Gasteiger partial charge on any atom is 0.135 e. The second-order valence-electron chi connectivity index (χ2n) is 3.21. The summed E-state index contributed by atoms with van der Waals surface area (Å²) in [4.78, 5) is 7.81. The minimum atomic E-state index is 0.0139. The normalized spacial score (nSPS) is 10.1. The predicted molar refractivity (Wildman–Crippen MR) is 62.7 cm³/mol. The van der Waals surface area contributed by atoms with Crippen molar-refractivity contribution in [2.75, 3.05) is 5.32 Å². The molecule has 0 saturated heterocycles. The summed E-state index contributed by atoms with van der Waals surface area (Å²) in [6.45, 7) is 0.0139. The maximum atomic E-state index is 9.00. The summed E-state index contributed by atoms with van der Waals surface area (Å²) in [5.74, 6) is 0.620. The lowest BCUT2D eigenvalue weighted by atomic mass is 10.2. The van der Waals surface area contributed by atoms with Gasteiger partial charge in [-0.15, -0.1) is 0 Å². The van der Waals surface area contributed by atoms with Gasteiger partial charge in [0.25, 0.3) is 0 Å². The van der Waals surface area contributed by atoms with Gasteiger partial charge in [0.2, 0.25) is 0 Å². The molecule has 82 valence electrons. The van der Waals surface area contributed by atoms with E-state index in [4.69, 9.17) is 16.7 Å². The summed E-state index contributed by atoms with van der Waals surface area (Å²) >= 11 is 5.74. The van der Waals surface area contributed by atoms with Crippen molar-refractivity contribution >= 4 is 23.1 Å². The Morgan fingerprint density at radius 2 is 2.12 bits per heavy atom. The van der Waals surface area contributed by atoms with Crippen LogP contribution < -0.4 is 5.32 Å². The van der Waals surface area contributed by atoms with Gasteiger partial charge < -0.3 is 10.4 Å². The number of anilines is 2. The lowest BCUT2D eigenvalue weighted by Gasteiger charge is -2.06. The van der Waals surface area contributed by atoms with Crippen LogP contribution in [-0.4, -0.2) is 15.1 Å². The van der Waals surface area contributed by atoms with Gasteiger partial charge in [-0.25, -0.2) is 9.97 Å². The van der Waals surface area contributed by atoms with Crippen LogP contribution in [0.5, 0.6) is 0 Å². The smallest absolute Gasteiger partial charge is 0.135 e. The van der Waals surface area contributed by atoms with Crippen LogP contribution in [0, 0.1) is 0 Å². The van der Waals surface area contributed by atoms with E-state index in [2.05, 4.69) is 15.3 Å². The fraction of sp³-hybridized carbons (Fsp3) is 0.0909. The van der Waals surface area contributed by atoms with E-state index >= 15 is 0 Å². The highest BCUT2D eigenvalue weighted by molar-refractivity contribution is 6.29. The molecule has 1 aromatic carbocycles. The van der Waals surface area contributed by atoms with Gasteiger partial charge in [-0.05, 0) is 17.7 Å². The lowest BCUT2D eigenvalue weighted by Crippen LogP contribution is -1.95. The third-order valence-corrected chi connectivity index (χ3v) is 2.22. The van der Waals surface area contributed by atoms with E-state index < -0.39 is 0 Å². The molecule has 16 heavy (non-hydrogen) atoms. The van der Waals surface area contributed by atoms with Gasteiger partial charge in [0.15, 0.2) is 0 Å². The van der Waals surface area contributed by atoms with Crippen molar-refractivity contribution in [2.24, 2.45) is 0 Å². The van der Waals surface area contributed by atoms with Crippen LogP contribution in [0.3, 0.4) is 0 Å². The highest BCUT2D eigenvalue weighted by Crippen LogP contribution is 2.17. The molecule has 2 rings (SSSR count). The van der Waals surface area contributed by atoms with Gasteiger partial charge in [0.05, 0.1) is 6.61 Å². The topological polar surface area (TPSA) is 58.0 Å². The zero-order valence-corrected chi connectivity index (χ0v) is 9.15. The Labute approximate surface area is 97.9 Å². The van der Waals surface area contributed by atoms with Crippen LogP contribution in [0.15, 0.2) is 36.7 Å². The molecule has 0 saturated carbocycles. The number of aliphatic hydroxyl groups excluding tert-OH is 1. The zero-order chi connectivity index (χ0) is 11.4. The first-order chi connectivity index (χ1) is 7.78. The number of aliphatic hydroxyl groups is 1. The largest absolute Gasteiger partial charge is 0.392 e. The summed E-state index contributed by atoms with van der Waals surface area (Å²) in [7, 11) is 0. The third-order valence-electron chi connectivity index (χ3n) is 2.02. The number of hydrogen-bond donors (Lipinski definition) is 2. The monoisotopic (exact) mass is 235 g/mol. The zero-order valence-electron chi connectivity index (χ0n) is 8.39. The standard InChI is InChI=1S/C11H10ClN3O/c12-10-5-11(14-7-13-10)15-9-3-1-2-8(4-9)6-16/h1-5,7,16H,6H2,(H,13,14,15). The Morgan fingerprint density at radius 1 is 1.25 bits per heavy atom. The number of rotatable bonds is 3. The van der Waals surface area contributed by atoms with Gasteiger partial charge in [0.1, 0.15) is 17.3 Å². The first-order valence-electron chi connectivity index (χ1n) is 4.72. The molecule has 1 heterocycles. The van der Waals surface area contributed by atoms with Crippen molar-refractivity contribution in [1.29, 1.82) is 0 Å². The van der Waals surface area contributed by atoms with E-state index in [9.17, 15) is 0 Å². The van der Waals surface area contributed by atoms with Crippen LogP contribution in [0.4, 0.5) is 11.5 Å². The molecule has 0 aliphatic heterocycles. The second-order valence-corrected chi connectivity index (χ2v) is 3.60. The highest BCUT2D eigenvalue weighted by Gasteiger charge is 1.98. The molecule has 0 amide bonds. The first-order valence-corrected chi connectivity index (χ1v) is 5.10. The summed E-state index contributed by atoms with van der Waals surface area (Å²) in [6.07, 6.45) is 1.39. The number of hydrogen-bond acceptors (Lipinski definition) is 4. The van der Waals surface area contributed by atoms with Crippen molar-refractivity contribution in [1.82, 2.24) is 9.97 Å². The molecule has 2 N–H and O–H groups in total. The number of nitrogens with zero attached hydrogens (tertiary/aromatic N) is 2. The molecule has 2 aromatic rings. The summed E-state index contributed by atoms with van der Waals surface area (Å²) in [5.41, 5.74) is 1.69. The van der Waals surface area contributed by atoms with Crippen molar-refractivity contribution in [2.45, 2.75) is 6.61 Å². The average Bonchev–Trinajstić information content (AvgIpc) is 2.29. The summed E-state index contributed by atoms with van der Waals surface area (Å²) < 4.78 is 0. The number of benzene rings is 1. The quantitative estimate of drug-likeness (QED) is 0.802. The second kappa shape index (κ2) is 4.92. The van der Waals surface area contributed by atoms with E-state index in [1.807, 2.05) is 24.3 Å². The Bertz CT molecular complexity index is 490. The van der Waals surface area contributed by atoms with Crippen LogP contribution in [0.2, 0.25) is 5.15 Å². The van der Waals surface area contributed by atoms with E-state index in [0.29, 0.717) is 11.0 Å². The van der Waals surface area contributed by atoms with Gasteiger partial charge in [-0.2, -0.15) is 0 Å². The SMILES string of the molecule is OCc1cccc(Nc2cc(Cl)ncn2)c1. The molecule has 0 aliphatic carbocycles. The van der Waals surface area contributed by atoms with E-state index in [1.165, 1.54) is 6.33 Å². The first kappa shape index (κ1) is 10.9. The Balaban J connectivity index is 2.20. The van der Waals surface area contributed by atoms with Crippen LogP contribution in [0.1, 0.15) is 5.56 Å². The molecule has 0 bridgehead atoms. The van der Waals surface area contributed by atoms with Crippen molar-refractivity contribution in [3.63, 3.8) is 0 Å². The number of nitrogens with one attached hydrogen (secondary N) is 1. The van der Waals surface area contributed by atoms with Crippen LogP contribution >= 0.6 is 11.6 Å². The molecular formula is C11H10ClN3O. The van der Waals surface area contributed by atoms with Gasteiger partial charge >= 0.3 is 0 Å². The van der Waals surface area contributed by atoms with Crippen LogP contribution in [-0.2, 0) is 6.61 Å². The predicted octanol–water partition coefficient (Wildman–Crippen LogP) is 2.37. The molecular weight excluding hydrogens is 226 g/mol. The fourth-order valence-electron chi connectivity index (χ4n) is 1.30. The fourth-order valence-corrected chi connectivity index (χ4v) is 1.44. The average molecular weight is 236 g/mol. The van der Waals surface area contributed by atoms with E-state index in [-0.39, 0.29) is 6.61 Å². The molecule has 4 nitrogen and oxygen atoms in total. The molecule has 0 aliphatic rings. The van der Waals surface area contributed by atoms with Crippen molar-refractivity contribution in [3.8, 4) is 0 Å². The van der Waals surface area contributed by atoms with Crippen LogP contribution in [0.25, 0.3) is 0 Å². The molecule has 0 radical (unpaired) electrons. The minimum absolute atomic E-state index is 0.0139. The van der Waals surface area contributed by atoms with Gasteiger partial charge in [0, 0.05) is 11.8 Å². The summed E-state index contributed by atoms with van der Waals surface area (Å²) in [5, 5.41) is 12.5. The van der Waals surface area contributed by atoms with E-state index in [0.717, 1.165) is 11.3 Å². The van der Waals surface area contributed by atoms with Gasteiger partial charge in [-0.1, -0.05) is 23.7 Å². The third kappa shape index (κ3) is 2.68. The Kier molecular flexibility index (Phi) is 3.34. The minimum Gasteiger partial charge on any atom is -0.392 e.